The molecule has 1 aliphatic rings. The summed E-state index contributed by atoms with van der Waals surface area (Å²) in [6.45, 7) is 5.36. The van der Waals surface area contributed by atoms with Crippen molar-refractivity contribution in [3.05, 3.63) is 35.4 Å². The molecule has 0 radical (unpaired) electrons. The zero-order valence-corrected chi connectivity index (χ0v) is 11.8. The summed E-state index contributed by atoms with van der Waals surface area (Å²) in [4.78, 5) is 0. The van der Waals surface area contributed by atoms with Gasteiger partial charge in [-0.15, -0.1) is 0 Å². The van der Waals surface area contributed by atoms with E-state index >= 15 is 0 Å². The highest BCUT2D eigenvalue weighted by Gasteiger charge is 2.35. The van der Waals surface area contributed by atoms with E-state index in [0.717, 1.165) is 18.8 Å². The first-order valence-corrected chi connectivity index (χ1v) is 6.87. The van der Waals surface area contributed by atoms with Gasteiger partial charge in [-0.25, -0.2) is 0 Å². The van der Waals surface area contributed by atoms with Crippen LogP contribution in [0.5, 0.6) is 0 Å². The summed E-state index contributed by atoms with van der Waals surface area (Å²) in [7, 11) is 1.73. The monoisotopic (exact) mass is 247 g/mol. The summed E-state index contributed by atoms with van der Waals surface area (Å²) in [5.74, 6) is 0.720. The lowest BCUT2D eigenvalue weighted by molar-refractivity contribution is 0.184. The number of hydrogen-bond acceptors (Lipinski definition) is 2. The summed E-state index contributed by atoms with van der Waals surface area (Å²) in [6, 6.07) is 9.19. The Morgan fingerprint density at radius 3 is 2.50 bits per heavy atom. The predicted octanol–water partition coefficient (Wildman–Crippen LogP) is 3.24. The fourth-order valence-electron chi connectivity index (χ4n) is 3.52. The van der Waals surface area contributed by atoms with Crippen LogP contribution in [-0.4, -0.2) is 13.2 Å². The van der Waals surface area contributed by atoms with E-state index in [2.05, 4.69) is 38.1 Å². The maximum absolute atomic E-state index is 6.20. The van der Waals surface area contributed by atoms with Crippen molar-refractivity contribution in [2.45, 2.75) is 51.2 Å². The van der Waals surface area contributed by atoms with Gasteiger partial charge < -0.3 is 10.5 Å². The lowest BCUT2D eigenvalue weighted by Crippen LogP contribution is -2.40. The minimum Gasteiger partial charge on any atom is -0.380 e. The molecule has 0 amide bonds. The fraction of sp³-hybridized carbons (Fsp3) is 0.625. The highest BCUT2D eigenvalue weighted by atomic mass is 16.5. The molecule has 1 aromatic rings. The zero-order valence-electron chi connectivity index (χ0n) is 11.8. The van der Waals surface area contributed by atoms with Crippen molar-refractivity contribution in [1.82, 2.24) is 0 Å². The lowest BCUT2D eigenvalue weighted by atomic mass is 9.66. The third-order valence-electron chi connectivity index (χ3n) is 4.18. The van der Waals surface area contributed by atoms with Crippen LogP contribution in [0, 0.1) is 5.92 Å². The molecule has 3 unspecified atom stereocenters. The normalized spacial score (nSPS) is 32.4. The largest absolute Gasteiger partial charge is 0.380 e. The van der Waals surface area contributed by atoms with Crippen LogP contribution in [0.15, 0.2) is 24.3 Å². The summed E-state index contributed by atoms with van der Waals surface area (Å²) in [6.07, 6.45) is 3.50. The maximum Gasteiger partial charge on any atom is 0.0713 e. The molecule has 0 aliphatic heterocycles. The first kappa shape index (κ1) is 13.6. The van der Waals surface area contributed by atoms with Crippen LogP contribution in [0.2, 0.25) is 0 Å². The highest BCUT2D eigenvalue weighted by molar-refractivity contribution is 5.29. The first-order valence-electron chi connectivity index (χ1n) is 6.87. The van der Waals surface area contributed by atoms with Gasteiger partial charge in [0.05, 0.1) is 6.61 Å². The van der Waals surface area contributed by atoms with Crippen LogP contribution in [0.1, 0.15) is 44.2 Å². The van der Waals surface area contributed by atoms with Gasteiger partial charge in [-0.2, -0.15) is 0 Å². The van der Waals surface area contributed by atoms with Crippen molar-refractivity contribution in [2.24, 2.45) is 11.7 Å². The van der Waals surface area contributed by atoms with Crippen LogP contribution in [0.3, 0.4) is 0 Å². The van der Waals surface area contributed by atoms with Crippen LogP contribution in [0.4, 0.5) is 0 Å². The van der Waals surface area contributed by atoms with E-state index in [1.165, 1.54) is 17.5 Å². The smallest absolute Gasteiger partial charge is 0.0713 e. The molecular formula is C16H25NO. The molecule has 0 heterocycles. The number of ether oxygens (including phenoxy) is 1. The van der Waals surface area contributed by atoms with Crippen molar-refractivity contribution < 1.29 is 4.74 Å². The minimum atomic E-state index is 0.239. The van der Waals surface area contributed by atoms with Gasteiger partial charge >= 0.3 is 0 Å². The second kappa shape index (κ2) is 5.41. The van der Waals surface area contributed by atoms with E-state index < -0.39 is 0 Å². The molecule has 2 rings (SSSR count). The Morgan fingerprint density at radius 1 is 1.28 bits per heavy atom. The topological polar surface area (TPSA) is 35.2 Å². The number of benzene rings is 1. The standard InChI is InChI=1S/C16H25NO/c1-12-8-15(17)10-16(2,9-12)14-6-4-13(5-7-14)11-18-3/h4-7,12,15H,8-11,17H2,1-3H3. The average molecular weight is 247 g/mol. The van der Waals surface area contributed by atoms with Crippen LogP contribution >= 0.6 is 0 Å². The van der Waals surface area contributed by atoms with Gasteiger partial charge in [-0.1, -0.05) is 38.1 Å². The van der Waals surface area contributed by atoms with Gasteiger partial charge in [0.15, 0.2) is 0 Å². The fourth-order valence-corrected chi connectivity index (χ4v) is 3.52. The quantitative estimate of drug-likeness (QED) is 0.890. The van der Waals surface area contributed by atoms with E-state index in [1.54, 1.807) is 7.11 Å². The Labute approximate surface area is 111 Å². The molecule has 0 saturated heterocycles. The zero-order chi connectivity index (χ0) is 13.2. The van der Waals surface area contributed by atoms with Crippen molar-refractivity contribution in [1.29, 1.82) is 0 Å². The maximum atomic E-state index is 6.20. The third kappa shape index (κ3) is 2.93. The number of rotatable bonds is 3. The molecule has 0 spiro atoms. The Balaban J connectivity index is 2.18. The highest BCUT2D eigenvalue weighted by Crippen LogP contribution is 2.41. The van der Waals surface area contributed by atoms with E-state index in [4.69, 9.17) is 10.5 Å². The lowest BCUT2D eigenvalue weighted by Gasteiger charge is -2.40. The van der Waals surface area contributed by atoms with Gasteiger partial charge in [0.25, 0.3) is 0 Å². The van der Waals surface area contributed by atoms with Gasteiger partial charge in [0.2, 0.25) is 0 Å². The molecule has 1 aromatic carbocycles. The molecule has 100 valence electrons. The summed E-state index contributed by atoms with van der Waals surface area (Å²) < 4.78 is 5.15. The van der Waals surface area contributed by atoms with Gasteiger partial charge in [0.1, 0.15) is 0 Å². The molecular weight excluding hydrogens is 222 g/mol. The first-order chi connectivity index (χ1) is 8.53. The molecule has 2 nitrogen and oxygen atoms in total. The van der Waals surface area contributed by atoms with Crippen molar-refractivity contribution >= 4 is 0 Å². The molecule has 1 saturated carbocycles. The van der Waals surface area contributed by atoms with E-state index in [-0.39, 0.29) is 5.41 Å². The van der Waals surface area contributed by atoms with Crippen molar-refractivity contribution in [3.8, 4) is 0 Å². The minimum absolute atomic E-state index is 0.239. The molecule has 18 heavy (non-hydrogen) atoms. The molecule has 2 heteroatoms. The number of methoxy groups -OCH3 is 1. The molecule has 2 N–H and O–H groups in total. The van der Waals surface area contributed by atoms with Crippen LogP contribution in [-0.2, 0) is 16.8 Å². The average Bonchev–Trinajstić information content (AvgIpc) is 2.28. The number of hydrogen-bond donors (Lipinski definition) is 1. The Hall–Kier alpha value is -0.860. The SMILES string of the molecule is COCc1ccc(C2(C)CC(C)CC(N)C2)cc1. The van der Waals surface area contributed by atoms with Crippen LogP contribution < -0.4 is 5.73 Å². The Bertz CT molecular complexity index is 375. The molecule has 0 aromatic heterocycles. The van der Waals surface area contributed by atoms with E-state index in [1.807, 2.05) is 0 Å². The van der Waals surface area contributed by atoms with Crippen molar-refractivity contribution in [3.63, 3.8) is 0 Å². The summed E-state index contributed by atoms with van der Waals surface area (Å²) >= 11 is 0. The van der Waals surface area contributed by atoms with Crippen LogP contribution in [0.25, 0.3) is 0 Å². The number of nitrogens with two attached hydrogens (primary N) is 1. The Kier molecular flexibility index (Phi) is 4.08. The third-order valence-corrected chi connectivity index (χ3v) is 4.18. The second-order valence-corrected chi connectivity index (χ2v) is 6.20. The molecule has 0 bridgehead atoms. The molecule has 1 aliphatic carbocycles. The van der Waals surface area contributed by atoms with E-state index in [9.17, 15) is 0 Å². The molecule has 1 fully saturated rings. The summed E-state index contributed by atoms with van der Waals surface area (Å²) in [5.41, 5.74) is 9.09. The van der Waals surface area contributed by atoms with E-state index in [0.29, 0.717) is 12.6 Å². The molecule has 3 atom stereocenters. The summed E-state index contributed by atoms with van der Waals surface area (Å²) in [5, 5.41) is 0. The van der Waals surface area contributed by atoms with Gasteiger partial charge in [-0.05, 0) is 41.7 Å². The van der Waals surface area contributed by atoms with Gasteiger partial charge in [-0.3, -0.25) is 0 Å². The second-order valence-electron chi connectivity index (χ2n) is 6.20. The van der Waals surface area contributed by atoms with Crippen molar-refractivity contribution in [2.75, 3.05) is 7.11 Å². The Morgan fingerprint density at radius 2 is 1.94 bits per heavy atom. The predicted molar refractivity (Wildman–Crippen MR) is 75.5 cm³/mol. The van der Waals surface area contributed by atoms with Gasteiger partial charge in [0, 0.05) is 13.2 Å².